The van der Waals surface area contributed by atoms with Gasteiger partial charge in [0.05, 0.1) is 0 Å². The van der Waals surface area contributed by atoms with Crippen molar-refractivity contribution in [3.63, 3.8) is 0 Å². The third-order valence-corrected chi connectivity index (χ3v) is 5.79. The van der Waals surface area contributed by atoms with Crippen molar-refractivity contribution >= 4 is 0 Å². The van der Waals surface area contributed by atoms with Crippen LogP contribution in [0.25, 0.3) is 0 Å². The second kappa shape index (κ2) is 39.5. The lowest BCUT2D eigenvalue weighted by Crippen LogP contribution is -2.04. The molecule has 2 atom stereocenters. The summed E-state index contributed by atoms with van der Waals surface area (Å²) in [5.41, 5.74) is 0. The van der Waals surface area contributed by atoms with Gasteiger partial charge in [-0.2, -0.15) is 0 Å². The van der Waals surface area contributed by atoms with Crippen molar-refractivity contribution in [3.8, 4) is 0 Å². The molecule has 0 bridgehead atoms. The summed E-state index contributed by atoms with van der Waals surface area (Å²) < 4.78 is 0. The molecule has 0 heterocycles. The van der Waals surface area contributed by atoms with Gasteiger partial charge in [0.25, 0.3) is 0 Å². The molecule has 30 heavy (non-hydrogen) atoms. The molecule has 1 rings (SSSR count). The minimum atomic E-state index is 0.863. The first-order valence-electron chi connectivity index (χ1n) is 14.4. The van der Waals surface area contributed by atoms with Gasteiger partial charge in [-0.25, -0.2) is 0 Å². The molecule has 0 radical (unpaired) electrons. The Hall–Kier alpha value is 0. The molecule has 1 aliphatic rings. The smallest absolute Gasteiger partial charge is 0.0420 e. The largest absolute Gasteiger partial charge is 0.0683 e. The first-order chi connectivity index (χ1) is 14.4. The van der Waals surface area contributed by atoms with Crippen LogP contribution >= 0.6 is 0 Å². The predicted octanol–water partition coefficient (Wildman–Crippen LogP) is 12.4. The summed E-state index contributed by atoms with van der Waals surface area (Å²) in [7, 11) is 0. The zero-order valence-electron chi connectivity index (χ0n) is 24.8. The van der Waals surface area contributed by atoms with E-state index in [1.807, 2.05) is 41.5 Å². The molecule has 0 aromatic carbocycles. The fraction of sp³-hybridized carbons (Fsp3) is 1.00. The van der Waals surface area contributed by atoms with Gasteiger partial charge in [-0.05, 0) is 23.7 Å². The second-order valence-electron chi connectivity index (χ2n) is 8.76. The molecule has 0 saturated heterocycles. The molecule has 1 fully saturated rings. The van der Waals surface area contributed by atoms with Crippen LogP contribution in [0.3, 0.4) is 0 Å². The monoisotopic (exact) mass is 431 g/mol. The number of rotatable bonds is 8. The molecule has 190 valence electrons. The molecular formula is C30H70. The minimum Gasteiger partial charge on any atom is -0.0683 e. The van der Waals surface area contributed by atoms with Crippen molar-refractivity contribution < 1.29 is 0 Å². The molecule has 0 aromatic heterocycles. The maximum absolute atomic E-state index is 2.38. The van der Waals surface area contributed by atoms with Crippen LogP contribution in [-0.2, 0) is 0 Å². The van der Waals surface area contributed by atoms with Gasteiger partial charge in [0.1, 0.15) is 0 Å². The van der Waals surface area contributed by atoms with E-state index in [1.54, 1.807) is 0 Å². The predicted molar refractivity (Wildman–Crippen MR) is 149 cm³/mol. The summed E-state index contributed by atoms with van der Waals surface area (Å²) in [5.74, 6) is 3.74. The van der Waals surface area contributed by atoms with E-state index in [4.69, 9.17) is 0 Å². The zero-order valence-corrected chi connectivity index (χ0v) is 24.8. The molecule has 0 spiro atoms. The molecule has 0 amide bonds. The maximum Gasteiger partial charge on any atom is -0.0420 e. The van der Waals surface area contributed by atoms with Crippen LogP contribution in [0.4, 0.5) is 0 Å². The summed E-state index contributed by atoms with van der Waals surface area (Å²) in [5, 5.41) is 0. The van der Waals surface area contributed by atoms with Crippen molar-refractivity contribution in [1.29, 1.82) is 0 Å². The minimum absolute atomic E-state index is 0.863. The summed E-state index contributed by atoms with van der Waals surface area (Å²) in [4.78, 5) is 0. The lowest BCUT2D eigenvalue weighted by molar-refractivity contribution is 0.359. The van der Waals surface area contributed by atoms with Crippen LogP contribution in [0, 0.1) is 23.7 Å². The highest BCUT2D eigenvalue weighted by molar-refractivity contribution is 4.60. The van der Waals surface area contributed by atoms with E-state index in [0.29, 0.717) is 0 Å². The van der Waals surface area contributed by atoms with Crippen LogP contribution < -0.4 is 0 Å². The lowest BCUT2D eigenvalue weighted by Gasteiger charge is -2.16. The molecule has 0 nitrogen and oxygen atoms in total. The Balaban J connectivity index is -0.0000000986. The highest BCUT2D eigenvalue weighted by atomic mass is 14.1. The lowest BCUT2D eigenvalue weighted by atomic mass is 9.90. The van der Waals surface area contributed by atoms with Gasteiger partial charge in [-0.1, -0.05) is 174 Å². The van der Waals surface area contributed by atoms with Gasteiger partial charge in [0.15, 0.2) is 0 Å². The number of unbranched alkanes of at least 4 members (excludes halogenated alkanes) is 2. The topological polar surface area (TPSA) is 0 Å². The zero-order chi connectivity index (χ0) is 24.8. The van der Waals surface area contributed by atoms with E-state index in [0.717, 1.165) is 23.7 Å². The Morgan fingerprint density at radius 2 is 1.07 bits per heavy atom. The summed E-state index contributed by atoms with van der Waals surface area (Å²) in [6.07, 6.45) is 17.1. The normalized spacial score (nSPS) is 14.5. The summed E-state index contributed by atoms with van der Waals surface area (Å²) >= 11 is 0. The first-order valence-corrected chi connectivity index (χ1v) is 14.4. The Bertz CT molecular complexity index is 210. The van der Waals surface area contributed by atoms with Crippen LogP contribution in [0.15, 0.2) is 0 Å². The van der Waals surface area contributed by atoms with Crippen LogP contribution in [0.1, 0.15) is 174 Å². The van der Waals surface area contributed by atoms with Gasteiger partial charge >= 0.3 is 0 Å². The fourth-order valence-corrected chi connectivity index (χ4v) is 2.99. The molecule has 2 unspecified atom stereocenters. The Morgan fingerprint density at radius 3 is 1.30 bits per heavy atom. The van der Waals surface area contributed by atoms with E-state index >= 15 is 0 Å². The van der Waals surface area contributed by atoms with Gasteiger partial charge in [-0.15, -0.1) is 0 Å². The van der Waals surface area contributed by atoms with Gasteiger partial charge < -0.3 is 0 Å². The third-order valence-electron chi connectivity index (χ3n) is 5.79. The average molecular weight is 431 g/mol. The van der Waals surface area contributed by atoms with Crippen molar-refractivity contribution in [3.05, 3.63) is 0 Å². The van der Waals surface area contributed by atoms with E-state index < -0.39 is 0 Å². The average Bonchev–Trinajstić information content (AvgIpc) is 2.79. The molecular weight excluding hydrogens is 360 g/mol. The third kappa shape index (κ3) is 42.2. The van der Waals surface area contributed by atoms with E-state index in [1.165, 1.54) is 77.0 Å². The van der Waals surface area contributed by atoms with E-state index in [9.17, 15) is 0 Å². The molecule has 0 aromatic rings. The van der Waals surface area contributed by atoms with Crippen molar-refractivity contribution in [2.75, 3.05) is 0 Å². The Morgan fingerprint density at radius 1 is 0.633 bits per heavy atom. The quantitative estimate of drug-likeness (QED) is 0.359. The van der Waals surface area contributed by atoms with Crippen molar-refractivity contribution in [1.82, 2.24) is 0 Å². The van der Waals surface area contributed by atoms with E-state index in [2.05, 4.69) is 55.4 Å². The SMILES string of the molecule is CC.CC.CC.CC1CCCCC1.CCC(C)CCCC(C)C(C)C.CCCCC. The fourth-order valence-electron chi connectivity index (χ4n) is 2.99. The molecule has 0 aliphatic heterocycles. The van der Waals surface area contributed by atoms with Crippen molar-refractivity contribution in [2.24, 2.45) is 23.7 Å². The van der Waals surface area contributed by atoms with Gasteiger partial charge in [-0.3, -0.25) is 0 Å². The maximum atomic E-state index is 2.38. The highest BCUT2D eigenvalue weighted by Gasteiger charge is 2.07. The first kappa shape index (κ1) is 40.4. The summed E-state index contributed by atoms with van der Waals surface area (Å²) in [6, 6.07) is 0. The number of hydrogen-bond acceptors (Lipinski definition) is 0. The Labute approximate surface area is 197 Å². The van der Waals surface area contributed by atoms with Crippen LogP contribution in [0.5, 0.6) is 0 Å². The second-order valence-corrected chi connectivity index (χ2v) is 8.76. The standard InChI is InChI=1S/C12H26.C7H14.C5H12.3C2H6/c1-6-11(4)8-7-9-12(5)10(2)3;1-7-5-3-2-4-6-7;1-3-5-4-2;3*1-2/h10-12H,6-9H2,1-5H3;7H,2-6H2,1H3;3-5H2,1-2H3;3*1-2H3. The highest BCUT2D eigenvalue weighted by Crippen LogP contribution is 2.22. The van der Waals surface area contributed by atoms with E-state index in [-0.39, 0.29) is 0 Å². The van der Waals surface area contributed by atoms with Crippen LogP contribution in [0.2, 0.25) is 0 Å². The number of hydrogen-bond donors (Lipinski definition) is 0. The van der Waals surface area contributed by atoms with Gasteiger partial charge in [0, 0.05) is 0 Å². The van der Waals surface area contributed by atoms with Gasteiger partial charge in [0.2, 0.25) is 0 Å². The van der Waals surface area contributed by atoms with Crippen molar-refractivity contribution in [2.45, 2.75) is 174 Å². The van der Waals surface area contributed by atoms with Crippen LogP contribution in [-0.4, -0.2) is 0 Å². The molecule has 0 N–H and O–H groups in total. The summed E-state index contributed by atoms with van der Waals surface area (Å²) in [6.45, 7) is 30.5. The Kier molecular flexibility index (Phi) is 53.1. The molecule has 0 heteroatoms. The molecule has 1 aliphatic carbocycles. The molecule has 1 saturated carbocycles.